The van der Waals surface area contributed by atoms with E-state index >= 15 is 0 Å². The maximum Gasteiger partial charge on any atom is 0.414 e. The summed E-state index contributed by atoms with van der Waals surface area (Å²) < 4.78 is 5.20. The lowest BCUT2D eigenvalue weighted by Crippen LogP contribution is -2.43. The Labute approximate surface area is 184 Å². The maximum absolute atomic E-state index is 12.5. The minimum atomic E-state index is -0.475. The Hall–Kier alpha value is -2.71. The molecule has 9 heteroatoms. The Kier molecular flexibility index (Phi) is 5.87. The number of anilines is 2. The molecule has 156 valence electrons. The highest BCUT2D eigenvalue weighted by molar-refractivity contribution is 7.80. The van der Waals surface area contributed by atoms with Crippen molar-refractivity contribution in [3.63, 3.8) is 0 Å². The van der Waals surface area contributed by atoms with Crippen LogP contribution in [0.2, 0.25) is 5.02 Å². The van der Waals surface area contributed by atoms with Crippen LogP contribution >= 0.6 is 24.2 Å². The van der Waals surface area contributed by atoms with Crippen molar-refractivity contribution in [1.29, 1.82) is 0 Å². The lowest BCUT2D eigenvalue weighted by Gasteiger charge is -2.23. The van der Waals surface area contributed by atoms with Crippen LogP contribution in [0.1, 0.15) is 23.2 Å². The number of halogens is 1. The number of amides is 3. The van der Waals surface area contributed by atoms with Gasteiger partial charge in [0, 0.05) is 40.8 Å². The number of carbonyl (C=O) groups excluding carboxylic acids is 3. The highest BCUT2D eigenvalue weighted by Crippen LogP contribution is 2.28. The molecule has 1 N–H and O–H groups in total. The molecule has 0 aromatic heterocycles. The van der Waals surface area contributed by atoms with Gasteiger partial charge < -0.3 is 15.0 Å². The molecule has 30 heavy (non-hydrogen) atoms. The number of carbonyl (C=O) groups is 3. The van der Waals surface area contributed by atoms with Gasteiger partial charge in [-0.2, -0.15) is 0 Å². The summed E-state index contributed by atoms with van der Waals surface area (Å²) in [5.41, 5.74) is 1.81. The van der Waals surface area contributed by atoms with Crippen molar-refractivity contribution in [2.24, 2.45) is 0 Å². The summed E-state index contributed by atoms with van der Waals surface area (Å²) in [6.45, 7) is 1.07. The van der Waals surface area contributed by atoms with Crippen LogP contribution in [-0.2, 0) is 9.53 Å². The van der Waals surface area contributed by atoms with Crippen LogP contribution in [0, 0.1) is 0 Å². The first-order chi connectivity index (χ1) is 14.4. The molecule has 2 aliphatic heterocycles. The average molecular weight is 446 g/mol. The average Bonchev–Trinajstić information content (AvgIpc) is 3.33. The number of ether oxygens (including phenoxy) is 1. The molecule has 2 heterocycles. The molecule has 3 amide bonds. The molecule has 2 aromatic rings. The Balaban J connectivity index is 1.45. The summed E-state index contributed by atoms with van der Waals surface area (Å²) in [6, 6.07) is 11.7. The third-order valence-electron chi connectivity index (χ3n) is 5.18. The monoisotopic (exact) mass is 445 g/mol. The molecule has 2 aliphatic rings. The van der Waals surface area contributed by atoms with Crippen LogP contribution in [0.4, 0.5) is 16.2 Å². The maximum atomic E-state index is 12.5. The molecule has 4 rings (SSSR count). The van der Waals surface area contributed by atoms with E-state index in [0.717, 1.165) is 12.1 Å². The van der Waals surface area contributed by atoms with Crippen molar-refractivity contribution in [1.82, 2.24) is 5.32 Å². The van der Waals surface area contributed by atoms with Crippen LogP contribution < -0.4 is 15.1 Å². The zero-order valence-electron chi connectivity index (χ0n) is 16.0. The van der Waals surface area contributed by atoms with Crippen LogP contribution in [0.15, 0.2) is 47.4 Å². The van der Waals surface area contributed by atoms with Gasteiger partial charge in [0.15, 0.2) is 0 Å². The first kappa shape index (κ1) is 20.6. The third-order valence-corrected chi connectivity index (χ3v) is 5.80. The number of nitrogens with zero attached hydrogens (tertiary/aromatic N) is 2. The standard InChI is InChI=1S/C21H20ClN3O4S/c22-13-3-8-18(30)17(10-13)20(27)23-11-16-12-29-21(28)25(16)15-6-4-14(5-7-15)24-9-1-2-19(24)26/h3-8,10,16,30H,1-2,9,11-12H2,(H,23,27). The fourth-order valence-electron chi connectivity index (χ4n) is 3.64. The summed E-state index contributed by atoms with van der Waals surface area (Å²) >= 11 is 10.3. The van der Waals surface area contributed by atoms with Gasteiger partial charge >= 0.3 is 6.09 Å². The topological polar surface area (TPSA) is 79.0 Å². The SMILES string of the molecule is O=C(NCC1COC(=O)N1c1ccc(N2CCCC2=O)cc1)c1cc(Cl)ccc1S. The number of cyclic esters (lactones) is 1. The van der Waals surface area contributed by atoms with Gasteiger partial charge in [0.1, 0.15) is 6.61 Å². The number of rotatable bonds is 5. The molecule has 0 bridgehead atoms. The number of benzene rings is 2. The number of hydrogen-bond acceptors (Lipinski definition) is 5. The second-order valence-corrected chi connectivity index (χ2v) is 8.06. The smallest absolute Gasteiger partial charge is 0.414 e. The van der Waals surface area contributed by atoms with E-state index in [0.29, 0.717) is 34.1 Å². The second kappa shape index (κ2) is 8.57. The second-order valence-electron chi connectivity index (χ2n) is 7.14. The van der Waals surface area contributed by atoms with Gasteiger partial charge in [-0.15, -0.1) is 12.6 Å². The van der Waals surface area contributed by atoms with E-state index in [1.807, 2.05) is 12.1 Å². The summed E-state index contributed by atoms with van der Waals surface area (Å²) in [5.74, 6) is -0.224. The van der Waals surface area contributed by atoms with Crippen molar-refractivity contribution in [3.05, 3.63) is 53.1 Å². The molecular weight excluding hydrogens is 426 g/mol. The van der Waals surface area contributed by atoms with E-state index < -0.39 is 6.09 Å². The lowest BCUT2D eigenvalue weighted by molar-refractivity contribution is -0.117. The van der Waals surface area contributed by atoms with Gasteiger partial charge in [-0.25, -0.2) is 4.79 Å². The Morgan fingerprint density at radius 3 is 2.60 bits per heavy atom. The summed E-state index contributed by atoms with van der Waals surface area (Å²) in [4.78, 5) is 40.5. The number of nitrogens with one attached hydrogen (secondary N) is 1. The van der Waals surface area contributed by atoms with Crippen molar-refractivity contribution >= 4 is 53.5 Å². The van der Waals surface area contributed by atoms with E-state index in [9.17, 15) is 14.4 Å². The highest BCUT2D eigenvalue weighted by Gasteiger charge is 2.34. The van der Waals surface area contributed by atoms with Crippen LogP contribution in [0.25, 0.3) is 0 Å². The van der Waals surface area contributed by atoms with E-state index in [4.69, 9.17) is 16.3 Å². The van der Waals surface area contributed by atoms with Crippen molar-refractivity contribution < 1.29 is 19.1 Å². The van der Waals surface area contributed by atoms with Gasteiger partial charge in [0.2, 0.25) is 5.91 Å². The normalized spacial score (nSPS) is 18.7. The molecule has 2 aromatic carbocycles. The predicted octanol–water partition coefficient (Wildman–Crippen LogP) is 3.51. The summed E-state index contributed by atoms with van der Waals surface area (Å²) in [7, 11) is 0. The minimum absolute atomic E-state index is 0.105. The predicted molar refractivity (Wildman–Crippen MR) is 117 cm³/mol. The quantitative estimate of drug-likeness (QED) is 0.690. The highest BCUT2D eigenvalue weighted by atomic mass is 35.5. The molecule has 1 atom stereocenters. The van der Waals surface area contributed by atoms with Gasteiger partial charge in [-0.3, -0.25) is 14.5 Å². The molecule has 7 nitrogen and oxygen atoms in total. The van der Waals surface area contributed by atoms with Gasteiger partial charge in [0.25, 0.3) is 5.91 Å². The summed E-state index contributed by atoms with van der Waals surface area (Å²) in [6.07, 6.45) is 0.932. The molecule has 2 saturated heterocycles. The van der Waals surface area contributed by atoms with Crippen LogP contribution in [0.5, 0.6) is 0 Å². The zero-order valence-corrected chi connectivity index (χ0v) is 17.7. The largest absolute Gasteiger partial charge is 0.447 e. The van der Waals surface area contributed by atoms with E-state index in [1.165, 1.54) is 4.90 Å². The van der Waals surface area contributed by atoms with E-state index in [2.05, 4.69) is 17.9 Å². The molecule has 0 radical (unpaired) electrons. The molecule has 0 aliphatic carbocycles. The molecular formula is C21H20ClN3O4S. The molecule has 2 fully saturated rings. The third kappa shape index (κ3) is 4.11. The van der Waals surface area contributed by atoms with Gasteiger partial charge in [-0.05, 0) is 48.9 Å². The number of thiol groups is 1. The Morgan fingerprint density at radius 1 is 1.17 bits per heavy atom. The fourth-order valence-corrected chi connectivity index (χ4v) is 4.05. The first-order valence-electron chi connectivity index (χ1n) is 9.57. The van der Waals surface area contributed by atoms with Crippen LogP contribution in [-0.4, -0.2) is 43.6 Å². The van der Waals surface area contributed by atoms with E-state index in [1.54, 1.807) is 35.2 Å². The molecule has 1 unspecified atom stereocenters. The van der Waals surface area contributed by atoms with Crippen molar-refractivity contribution in [2.75, 3.05) is 29.5 Å². The Bertz CT molecular complexity index is 998. The lowest BCUT2D eigenvalue weighted by atomic mass is 10.2. The first-order valence-corrected chi connectivity index (χ1v) is 10.4. The summed E-state index contributed by atoms with van der Waals surface area (Å²) in [5, 5.41) is 3.26. The Morgan fingerprint density at radius 2 is 1.90 bits per heavy atom. The minimum Gasteiger partial charge on any atom is -0.447 e. The number of hydrogen-bond donors (Lipinski definition) is 2. The molecule has 0 spiro atoms. The van der Waals surface area contributed by atoms with Crippen molar-refractivity contribution in [3.8, 4) is 0 Å². The fraction of sp³-hybridized carbons (Fsp3) is 0.286. The van der Waals surface area contributed by atoms with Gasteiger partial charge in [-0.1, -0.05) is 11.6 Å². The van der Waals surface area contributed by atoms with Crippen molar-refractivity contribution in [2.45, 2.75) is 23.8 Å². The zero-order chi connectivity index (χ0) is 21.3. The van der Waals surface area contributed by atoms with Gasteiger partial charge in [0.05, 0.1) is 11.6 Å². The van der Waals surface area contributed by atoms with E-state index in [-0.39, 0.29) is 31.0 Å². The van der Waals surface area contributed by atoms with Crippen LogP contribution in [0.3, 0.4) is 0 Å². The molecule has 0 saturated carbocycles.